The Labute approximate surface area is 219 Å². The number of piperazine rings is 1. The van der Waals surface area contributed by atoms with Crippen LogP contribution in [0.25, 0.3) is 32.9 Å². The Morgan fingerprint density at radius 1 is 1.00 bits per heavy atom. The van der Waals surface area contributed by atoms with Crippen molar-refractivity contribution in [2.45, 2.75) is 43.8 Å². The molecule has 3 aliphatic rings. The minimum atomic E-state index is -0.503. The average molecular weight is 517 g/mol. The molecule has 3 atom stereocenters. The highest BCUT2D eigenvalue weighted by molar-refractivity contribution is 5.99. The lowest BCUT2D eigenvalue weighted by molar-refractivity contribution is 0.188. The van der Waals surface area contributed by atoms with E-state index in [-0.39, 0.29) is 17.1 Å². The van der Waals surface area contributed by atoms with Crippen molar-refractivity contribution in [2.75, 3.05) is 38.2 Å². The van der Waals surface area contributed by atoms with E-state index in [1.54, 1.807) is 24.4 Å². The number of benzene rings is 2. The number of likely N-dealkylation sites (tertiary alicyclic amines) is 1. The van der Waals surface area contributed by atoms with Crippen LogP contribution in [0.15, 0.2) is 42.6 Å². The first-order valence-corrected chi connectivity index (χ1v) is 13.4. The zero-order valence-electron chi connectivity index (χ0n) is 21.3. The maximum atomic E-state index is 16.4. The second kappa shape index (κ2) is 9.39. The molecule has 196 valence electrons. The number of rotatable bonds is 5. The molecular formula is C29H30F2N6O. The lowest BCUT2D eigenvalue weighted by Crippen LogP contribution is -2.51. The largest absolute Gasteiger partial charge is 0.462 e. The van der Waals surface area contributed by atoms with Crippen molar-refractivity contribution in [1.82, 2.24) is 25.2 Å². The molecule has 3 saturated heterocycles. The molecular weight excluding hydrogens is 486 g/mol. The molecule has 4 aromatic rings. The van der Waals surface area contributed by atoms with Gasteiger partial charge < -0.3 is 19.9 Å². The van der Waals surface area contributed by atoms with Gasteiger partial charge in [0.25, 0.3) is 0 Å². The molecule has 38 heavy (non-hydrogen) atoms. The van der Waals surface area contributed by atoms with Crippen molar-refractivity contribution in [2.24, 2.45) is 0 Å². The Hall–Kier alpha value is -3.43. The summed E-state index contributed by atoms with van der Waals surface area (Å²) in [5.74, 6) is -0.194. The molecule has 0 spiro atoms. The summed E-state index contributed by atoms with van der Waals surface area (Å²) in [6.07, 6.45) is 6.06. The van der Waals surface area contributed by atoms with Crippen LogP contribution >= 0.6 is 0 Å². The molecule has 3 fully saturated rings. The van der Waals surface area contributed by atoms with Crippen LogP contribution < -0.4 is 15.0 Å². The van der Waals surface area contributed by atoms with Crippen molar-refractivity contribution in [3.8, 4) is 17.3 Å². The van der Waals surface area contributed by atoms with Crippen molar-refractivity contribution >= 4 is 27.5 Å². The molecule has 0 saturated carbocycles. The third-order valence-electron chi connectivity index (χ3n) is 8.34. The van der Waals surface area contributed by atoms with Gasteiger partial charge in [0, 0.05) is 53.7 Å². The third kappa shape index (κ3) is 4.14. The fourth-order valence-electron chi connectivity index (χ4n) is 6.30. The minimum absolute atomic E-state index is 0.187. The van der Waals surface area contributed by atoms with Crippen molar-refractivity contribution in [1.29, 1.82) is 0 Å². The molecule has 3 aliphatic heterocycles. The van der Waals surface area contributed by atoms with E-state index < -0.39 is 11.6 Å². The highest BCUT2D eigenvalue weighted by Crippen LogP contribution is 2.37. The van der Waals surface area contributed by atoms with E-state index in [4.69, 9.17) is 9.72 Å². The molecule has 0 unspecified atom stereocenters. The first-order valence-electron chi connectivity index (χ1n) is 13.4. The molecule has 0 aliphatic carbocycles. The summed E-state index contributed by atoms with van der Waals surface area (Å²) in [4.78, 5) is 18.4. The smallest absolute Gasteiger partial charge is 0.319 e. The molecule has 1 N–H and O–H groups in total. The van der Waals surface area contributed by atoms with Crippen LogP contribution in [0.1, 0.15) is 25.7 Å². The Kier molecular flexibility index (Phi) is 5.85. The maximum absolute atomic E-state index is 16.4. The van der Waals surface area contributed by atoms with Gasteiger partial charge in [-0.05, 0) is 75.0 Å². The predicted molar refractivity (Wildman–Crippen MR) is 143 cm³/mol. The fraction of sp³-hybridized carbons (Fsp3) is 0.414. The van der Waals surface area contributed by atoms with Crippen LogP contribution in [0.5, 0.6) is 6.01 Å². The molecule has 0 radical (unpaired) electrons. The van der Waals surface area contributed by atoms with Crippen molar-refractivity contribution in [3.63, 3.8) is 0 Å². The number of aromatic nitrogens is 3. The van der Waals surface area contributed by atoms with Gasteiger partial charge in [-0.3, -0.25) is 4.98 Å². The molecule has 5 heterocycles. The van der Waals surface area contributed by atoms with Crippen LogP contribution in [0.2, 0.25) is 0 Å². The molecule has 7 nitrogen and oxygen atoms in total. The van der Waals surface area contributed by atoms with Gasteiger partial charge in [-0.25, -0.2) is 8.78 Å². The van der Waals surface area contributed by atoms with Gasteiger partial charge in [-0.2, -0.15) is 9.97 Å². The number of hydrogen-bond donors (Lipinski definition) is 1. The molecule has 0 amide bonds. The third-order valence-corrected chi connectivity index (χ3v) is 8.34. The van der Waals surface area contributed by atoms with E-state index in [0.717, 1.165) is 50.7 Å². The topological polar surface area (TPSA) is 66.4 Å². The highest BCUT2D eigenvalue weighted by atomic mass is 19.1. The monoisotopic (exact) mass is 516 g/mol. The van der Waals surface area contributed by atoms with Gasteiger partial charge in [0.2, 0.25) is 0 Å². The van der Waals surface area contributed by atoms with Gasteiger partial charge in [0.15, 0.2) is 5.82 Å². The highest BCUT2D eigenvalue weighted by Gasteiger charge is 2.34. The number of likely N-dealkylation sites (N-methyl/N-ethyl adjacent to an activating group) is 1. The van der Waals surface area contributed by atoms with E-state index in [0.29, 0.717) is 47.0 Å². The van der Waals surface area contributed by atoms with E-state index in [9.17, 15) is 4.39 Å². The van der Waals surface area contributed by atoms with E-state index in [1.165, 1.54) is 12.1 Å². The number of ether oxygens (including phenoxy) is 1. The van der Waals surface area contributed by atoms with Crippen LogP contribution in [0, 0.1) is 11.6 Å². The normalized spacial score (nSPS) is 23.6. The fourth-order valence-corrected chi connectivity index (χ4v) is 6.30. The Balaban J connectivity index is 1.35. The number of fused-ring (bicyclic) bond motifs is 4. The minimum Gasteiger partial charge on any atom is -0.462 e. The molecule has 7 rings (SSSR count). The summed E-state index contributed by atoms with van der Waals surface area (Å²) >= 11 is 0. The Morgan fingerprint density at radius 3 is 2.63 bits per heavy atom. The van der Waals surface area contributed by atoms with Crippen LogP contribution in [0.3, 0.4) is 0 Å². The number of nitrogens with zero attached hydrogens (tertiary/aromatic N) is 5. The lowest BCUT2D eigenvalue weighted by atomic mass is 10.0. The summed E-state index contributed by atoms with van der Waals surface area (Å²) in [5, 5.41) is 5.64. The van der Waals surface area contributed by atoms with Crippen LogP contribution in [-0.2, 0) is 0 Å². The first-order chi connectivity index (χ1) is 18.5. The number of nitrogens with one attached hydrogen (secondary N) is 1. The average Bonchev–Trinajstić information content (AvgIpc) is 3.50. The summed E-state index contributed by atoms with van der Waals surface area (Å²) in [6.45, 7) is 3.11. The summed E-state index contributed by atoms with van der Waals surface area (Å²) in [5.41, 5.74) is 0.861. The van der Waals surface area contributed by atoms with Crippen LogP contribution in [-0.4, -0.2) is 71.3 Å². The maximum Gasteiger partial charge on any atom is 0.319 e. The van der Waals surface area contributed by atoms with Crippen LogP contribution in [0.4, 0.5) is 14.6 Å². The Morgan fingerprint density at radius 2 is 1.84 bits per heavy atom. The number of hydrogen-bond acceptors (Lipinski definition) is 7. The molecule has 2 aromatic heterocycles. The first kappa shape index (κ1) is 23.7. The SMILES string of the molecule is CN1CCC[C@H]1COc1nc(N2C[C@H]3CC[C@@H](C2)N3)c2ccc(-c3nccc4ccc(F)cc34)c(F)c2n1. The summed E-state index contributed by atoms with van der Waals surface area (Å²) < 4.78 is 36.6. The number of pyridine rings is 1. The van der Waals surface area contributed by atoms with E-state index >= 15 is 4.39 Å². The van der Waals surface area contributed by atoms with Crippen molar-refractivity contribution < 1.29 is 13.5 Å². The second-order valence-electron chi connectivity index (χ2n) is 10.8. The number of anilines is 1. The van der Waals surface area contributed by atoms with E-state index in [1.807, 2.05) is 6.07 Å². The summed E-state index contributed by atoms with van der Waals surface area (Å²) in [7, 11) is 2.09. The zero-order valence-corrected chi connectivity index (χ0v) is 21.3. The predicted octanol–water partition coefficient (Wildman–Crippen LogP) is 4.54. The van der Waals surface area contributed by atoms with Gasteiger partial charge in [0.1, 0.15) is 23.8 Å². The molecule has 2 aromatic carbocycles. The number of halogens is 2. The zero-order chi connectivity index (χ0) is 25.8. The molecule has 9 heteroatoms. The lowest BCUT2D eigenvalue weighted by Gasteiger charge is -2.34. The van der Waals surface area contributed by atoms with Crippen molar-refractivity contribution in [3.05, 3.63) is 54.2 Å². The summed E-state index contributed by atoms with van der Waals surface area (Å²) in [6, 6.07) is 11.1. The van der Waals surface area contributed by atoms with Gasteiger partial charge in [-0.1, -0.05) is 6.07 Å². The quantitative estimate of drug-likeness (QED) is 0.418. The second-order valence-corrected chi connectivity index (χ2v) is 10.8. The Bertz CT molecular complexity index is 1520. The molecule has 2 bridgehead atoms. The van der Waals surface area contributed by atoms with Gasteiger partial charge in [-0.15, -0.1) is 0 Å². The van der Waals surface area contributed by atoms with E-state index in [2.05, 4.69) is 32.1 Å². The van der Waals surface area contributed by atoms with Gasteiger partial charge in [0.05, 0.1) is 5.69 Å². The standard InChI is InChI=1S/C29H30F2N6O/c1-36-12-2-3-21(36)16-38-29-34-27-23(28(35-29)37-14-19-6-7-20(15-37)33-19)9-8-22(25(27)31)26-24-13-18(30)5-4-17(24)10-11-32-26/h4-5,8-11,13,19-21,33H,2-3,6-7,12,14-16H2,1H3/t19-,20+,21-/m0/s1. The van der Waals surface area contributed by atoms with Gasteiger partial charge >= 0.3 is 6.01 Å².